The van der Waals surface area contributed by atoms with E-state index in [0.717, 1.165) is 84.4 Å². The molecule has 2 unspecified atom stereocenters. The molecule has 56 heavy (non-hydrogen) atoms. The summed E-state index contributed by atoms with van der Waals surface area (Å²) < 4.78 is 12.1. The molecule has 5 aromatic rings. The van der Waals surface area contributed by atoms with Crippen molar-refractivity contribution in [3.63, 3.8) is 0 Å². The van der Waals surface area contributed by atoms with Crippen LogP contribution < -0.4 is 10.2 Å². The van der Waals surface area contributed by atoms with Gasteiger partial charge in [0.1, 0.15) is 5.82 Å². The van der Waals surface area contributed by atoms with Gasteiger partial charge >= 0.3 is 5.97 Å². The molecule has 1 aliphatic heterocycles. The van der Waals surface area contributed by atoms with E-state index in [1.54, 1.807) is 0 Å². The first-order chi connectivity index (χ1) is 26.7. The van der Waals surface area contributed by atoms with Gasteiger partial charge in [-0.05, 0) is 117 Å². The lowest BCUT2D eigenvalue weighted by atomic mass is 9.39. The van der Waals surface area contributed by atoms with Gasteiger partial charge in [0.05, 0.1) is 28.6 Å². The number of anilines is 2. The van der Waals surface area contributed by atoms with Gasteiger partial charge < -0.3 is 14.7 Å². The average molecular weight is 886 g/mol. The number of carboxylic acid groups (broad SMARTS) is 1. The number of pyridine rings is 1. The summed E-state index contributed by atoms with van der Waals surface area (Å²) in [7, 11) is 2.09. The molecule has 4 aliphatic carbocycles. The van der Waals surface area contributed by atoms with Crippen LogP contribution in [-0.4, -0.2) is 72.2 Å². The molecule has 4 heterocycles. The Hall–Kier alpha value is -3.92. The van der Waals surface area contributed by atoms with Gasteiger partial charge in [-0.25, -0.2) is 17.9 Å². The Kier molecular flexibility index (Phi) is 9.33. The third-order valence-electron chi connectivity index (χ3n) is 12.8. The van der Waals surface area contributed by atoms with Gasteiger partial charge in [0.25, 0.3) is 5.91 Å². The molecule has 13 heteroatoms. The van der Waals surface area contributed by atoms with E-state index in [4.69, 9.17) is 14.8 Å². The first-order valence-electron chi connectivity index (χ1n) is 19.5. The molecule has 0 radical (unpaired) electrons. The predicted octanol–water partition coefficient (Wildman–Crippen LogP) is 8.79. The van der Waals surface area contributed by atoms with Crippen molar-refractivity contribution in [3.8, 4) is 11.1 Å². The summed E-state index contributed by atoms with van der Waals surface area (Å²) in [5.41, 5.74) is 6.16. The zero-order chi connectivity index (χ0) is 39.0. The number of carbonyl (C=O) groups is 2. The zero-order valence-corrected chi connectivity index (χ0v) is 35.4. The maximum absolute atomic E-state index is 13.6. The maximum atomic E-state index is 13.6. The number of para-hydroxylation sites is 1. The molecule has 10 rings (SSSR count). The monoisotopic (exact) mass is 885 g/mol. The number of carbonyl (C=O) groups excluding carboxylic acids is 1. The number of hydrogen-bond donors (Lipinski definition) is 2. The van der Waals surface area contributed by atoms with Crippen LogP contribution in [0, 0.1) is 23.2 Å². The topological polar surface area (TPSA) is 126 Å². The first kappa shape index (κ1) is 37.6. The highest BCUT2D eigenvalue weighted by molar-refractivity contribution is 14.1. The number of aromatic carboxylic acids is 1. The summed E-state index contributed by atoms with van der Waals surface area (Å²) in [5, 5.41) is 19.0. The van der Waals surface area contributed by atoms with E-state index in [1.807, 2.05) is 54.7 Å². The standard InChI is InChI=1S/C43H48IN7O4S/c1-27-31(18-45-51(27)26-42-21-40(2)20-41(3,22-42)24-43(23-40,25-42)55-17-16-49(4)44)29-12-13-35(47-36(29)38(53)54)50-15-14-28-8-7-9-30(32(28)19-50)37(52)48-39-46-33-10-5-6-11-34(33)56-39/h5-13,18H,14-17,19-26H2,1-4H3,(H,53,54)(H,46,48,52). The normalized spacial score (nSPS) is 26.6. The fourth-order valence-corrected chi connectivity index (χ4v) is 12.9. The number of rotatable bonds is 11. The summed E-state index contributed by atoms with van der Waals surface area (Å²) in [6.07, 6.45) is 9.34. The van der Waals surface area contributed by atoms with Crippen molar-refractivity contribution >= 4 is 67.2 Å². The van der Waals surface area contributed by atoms with Crippen LogP contribution in [0.1, 0.15) is 90.0 Å². The Morgan fingerprint density at radius 3 is 2.52 bits per heavy atom. The Labute approximate surface area is 345 Å². The molecular formula is C43H48IN7O4S. The summed E-state index contributed by atoms with van der Waals surface area (Å²) in [4.78, 5) is 37.9. The number of likely N-dealkylation sites (N-methyl/N-ethyl adjacent to an activating group) is 1. The fraction of sp³-hybridized carbons (Fsp3) is 0.465. The quantitative estimate of drug-likeness (QED) is 0.0990. The van der Waals surface area contributed by atoms with Crippen LogP contribution in [0.25, 0.3) is 21.3 Å². The third-order valence-corrected chi connectivity index (χ3v) is 14.2. The molecule has 0 saturated heterocycles. The predicted molar refractivity (Wildman–Crippen MR) is 228 cm³/mol. The number of thiazole rings is 1. The van der Waals surface area contributed by atoms with Crippen molar-refractivity contribution in [2.75, 3.05) is 37.0 Å². The van der Waals surface area contributed by atoms with Crippen molar-refractivity contribution in [3.05, 3.63) is 88.9 Å². The van der Waals surface area contributed by atoms with Crippen molar-refractivity contribution in [1.82, 2.24) is 22.9 Å². The molecule has 2 atom stereocenters. The van der Waals surface area contributed by atoms with E-state index in [9.17, 15) is 14.7 Å². The van der Waals surface area contributed by atoms with E-state index < -0.39 is 5.97 Å². The number of amides is 1. The Morgan fingerprint density at radius 2 is 1.77 bits per heavy atom. The lowest BCUT2D eigenvalue weighted by molar-refractivity contribution is -0.248. The second kappa shape index (κ2) is 13.9. The van der Waals surface area contributed by atoms with E-state index in [-0.39, 0.29) is 33.4 Å². The number of nitrogens with one attached hydrogen (secondary N) is 1. The highest BCUT2D eigenvalue weighted by Crippen LogP contribution is 2.72. The number of ether oxygens (including phenoxy) is 1. The molecule has 2 aromatic carbocycles. The highest BCUT2D eigenvalue weighted by atomic mass is 127. The van der Waals surface area contributed by atoms with Gasteiger partial charge in [0.15, 0.2) is 10.8 Å². The Bertz CT molecular complexity index is 2320. The fourth-order valence-electron chi connectivity index (χ4n) is 11.8. The minimum Gasteiger partial charge on any atom is -0.476 e. The molecular weight excluding hydrogens is 837 g/mol. The lowest BCUT2D eigenvalue weighted by Gasteiger charge is -2.69. The van der Waals surface area contributed by atoms with Crippen molar-refractivity contribution < 1.29 is 19.4 Å². The maximum Gasteiger partial charge on any atom is 0.355 e. The second-order valence-electron chi connectivity index (χ2n) is 17.8. The number of aromatic nitrogens is 4. The molecule has 1 amide bonds. The molecule has 2 N–H and O–H groups in total. The first-order valence-corrected chi connectivity index (χ1v) is 21.3. The number of fused-ring (bicyclic) bond motifs is 2. The Balaban J connectivity index is 0.959. The van der Waals surface area contributed by atoms with Crippen LogP contribution in [0.15, 0.2) is 60.8 Å². The van der Waals surface area contributed by atoms with Crippen LogP contribution in [0.3, 0.4) is 0 Å². The van der Waals surface area contributed by atoms with Gasteiger partial charge in [-0.15, -0.1) is 0 Å². The largest absolute Gasteiger partial charge is 0.476 e. The van der Waals surface area contributed by atoms with Gasteiger partial charge in [0, 0.05) is 71.4 Å². The van der Waals surface area contributed by atoms with Crippen molar-refractivity contribution in [2.45, 2.75) is 84.4 Å². The number of halogens is 1. The summed E-state index contributed by atoms with van der Waals surface area (Å²) in [6.45, 7) is 10.5. The molecule has 0 spiro atoms. The van der Waals surface area contributed by atoms with Crippen LogP contribution in [-0.2, 0) is 24.2 Å². The minimum atomic E-state index is -1.08. The third kappa shape index (κ3) is 6.92. The highest BCUT2D eigenvalue weighted by Gasteiger charge is 2.66. The SMILES string of the molecule is Cc1c(-c2ccc(N3CCc4cccc(C(=O)Nc5nc6ccccc6s5)c4C3)nc2C(=O)O)cnn1CC12CC3(C)CC(C)(C1)CC(OCCN(C)I)(C3)C2. The molecule has 5 aliphatic rings. The van der Waals surface area contributed by atoms with Crippen molar-refractivity contribution in [1.29, 1.82) is 0 Å². The van der Waals surface area contributed by atoms with Crippen LogP contribution in [0.2, 0.25) is 0 Å². The molecule has 292 valence electrons. The van der Waals surface area contributed by atoms with Gasteiger partial charge in [-0.3, -0.25) is 14.8 Å². The van der Waals surface area contributed by atoms with Crippen LogP contribution >= 0.6 is 34.2 Å². The molecule has 4 fully saturated rings. The molecule has 3 aromatic heterocycles. The summed E-state index contributed by atoms with van der Waals surface area (Å²) in [6, 6.07) is 17.4. The second-order valence-corrected chi connectivity index (χ2v) is 20.4. The lowest BCUT2D eigenvalue weighted by Crippen LogP contribution is -2.64. The Morgan fingerprint density at radius 1 is 0.982 bits per heavy atom. The molecule has 11 nitrogen and oxygen atoms in total. The van der Waals surface area contributed by atoms with Crippen molar-refractivity contribution in [2.24, 2.45) is 16.2 Å². The summed E-state index contributed by atoms with van der Waals surface area (Å²) in [5.74, 6) is -0.730. The number of nitrogens with zero attached hydrogens (tertiary/aromatic N) is 6. The van der Waals surface area contributed by atoms with E-state index in [1.165, 1.54) is 17.8 Å². The molecule has 4 bridgehead atoms. The zero-order valence-electron chi connectivity index (χ0n) is 32.4. The van der Waals surface area contributed by atoms with E-state index >= 15 is 0 Å². The molecule has 4 saturated carbocycles. The summed E-state index contributed by atoms with van der Waals surface area (Å²) >= 11 is 3.77. The number of carboxylic acids is 1. The van der Waals surface area contributed by atoms with E-state index in [2.05, 4.69) is 79.7 Å². The van der Waals surface area contributed by atoms with E-state index in [0.29, 0.717) is 41.6 Å². The number of benzene rings is 2. The van der Waals surface area contributed by atoms with Crippen LogP contribution in [0.4, 0.5) is 10.9 Å². The number of hydrogen-bond acceptors (Lipinski definition) is 9. The smallest absolute Gasteiger partial charge is 0.355 e. The average Bonchev–Trinajstić information content (AvgIpc) is 3.70. The van der Waals surface area contributed by atoms with Crippen LogP contribution in [0.5, 0.6) is 0 Å². The minimum absolute atomic E-state index is 0.000205. The van der Waals surface area contributed by atoms with Gasteiger partial charge in [0.2, 0.25) is 0 Å². The van der Waals surface area contributed by atoms with Gasteiger partial charge in [-0.2, -0.15) is 5.10 Å². The van der Waals surface area contributed by atoms with Gasteiger partial charge in [-0.1, -0.05) is 49.4 Å².